The van der Waals surface area contributed by atoms with Crippen LogP contribution in [0.25, 0.3) is 11.3 Å². The van der Waals surface area contributed by atoms with Crippen LogP contribution in [0.4, 0.5) is 0 Å². The van der Waals surface area contributed by atoms with Gasteiger partial charge in [-0.2, -0.15) is 5.26 Å². The molecule has 4 heteroatoms. The normalized spacial score (nSPS) is 9.83. The van der Waals surface area contributed by atoms with E-state index in [1.54, 1.807) is 7.11 Å². The second-order valence-corrected chi connectivity index (χ2v) is 3.88. The summed E-state index contributed by atoms with van der Waals surface area (Å²) in [7, 11) is 1.63. The van der Waals surface area contributed by atoms with E-state index in [1.165, 1.54) is 0 Å². The summed E-state index contributed by atoms with van der Waals surface area (Å²) in [5, 5.41) is 8.70. The quantitative estimate of drug-likeness (QED) is 0.825. The predicted molar refractivity (Wildman–Crippen MR) is 68.1 cm³/mol. The summed E-state index contributed by atoms with van der Waals surface area (Å²) in [5.41, 5.74) is 2.62. The molecular formula is C14H13N3O. The third-order valence-electron chi connectivity index (χ3n) is 2.50. The van der Waals surface area contributed by atoms with Gasteiger partial charge in [0.2, 0.25) is 0 Å². The van der Waals surface area contributed by atoms with Gasteiger partial charge in [0.25, 0.3) is 0 Å². The molecule has 1 aromatic carbocycles. The molecule has 2 aromatic rings. The van der Waals surface area contributed by atoms with Crippen LogP contribution in [0.2, 0.25) is 0 Å². The highest BCUT2D eigenvalue weighted by Gasteiger charge is 2.05. The molecule has 0 radical (unpaired) electrons. The van der Waals surface area contributed by atoms with Gasteiger partial charge in [0, 0.05) is 11.3 Å². The maximum Gasteiger partial charge on any atom is 0.143 e. The molecule has 1 heterocycles. The summed E-state index contributed by atoms with van der Waals surface area (Å²) in [6.45, 7) is 1.90. The summed E-state index contributed by atoms with van der Waals surface area (Å²) in [4.78, 5) is 8.61. The van der Waals surface area contributed by atoms with Crippen LogP contribution in [0, 0.1) is 18.3 Å². The lowest BCUT2D eigenvalue weighted by atomic mass is 10.1. The first-order valence-corrected chi connectivity index (χ1v) is 5.59. The summed E-state index contributed by atoms with van der Waals surface area (Å²) >= 11 is 0. The van der Waals surface area contributed by atoms with E-state index in [-0.39, 0.29) is 6.42 Å². The molecule has 0 spiro atoms. The Kier molecular flexibility index (Phi) is 3.54. The van der Waals surface area contributed by atoms with Gasteiger partial charge in [-0.15, -0.1) is 0 Å². The minimum atomic E-state index is 0.221. The standard InChI is InChI=1S/C14H13N3O/c1-10-8-13(17-14(16-10)6-7-15)11-4-3-5-12(9-11)18-2/h3-5,8-9H,6H2,1-2H3. The van der Waals surface area contributed by atoms with E-state index in [9.17, 15) is 0 Å². The molecule has 2 rings (SSSR count). The van der Waals surface area contributed by atoms with Gasteiger partial charge in [0.1, 0.15) is 11.6 Å². The zero-order valence-corrected chi connectivity index (χ0v) is 10.3. The summed E-state index contributed by atoms with van der Waals surface area (Å²) in [6.07, 6.45) is 0.221. The van der Waals surface area contributed by atoms with Crippen molar-refractivity contribution in [3.05, 3.63) is 41.9 Å². The van der Waals surface area contributed by atoms with Crippen molar-refractivity contribution in [2.75, 3.05) is 7.11 Å². The van der Waals surface area contributed by atoms with Crippen molar-refractivity contribution in [1.82, 2.24) is 9.97 Å². The van der Waals surface area contributed by atoms with E-state index in [2.05, 4.69) is 16.0 Å². The lowest BCUT2D eigenvalue weighted by Gasteiger charge is -2.06. The second-order valence-electron chi connectivity index (χ2n) is 3.88. The van der Waals surface area contributed by atoms with Crippen LogP contribution in [0.5, 0.6) is 5.75 Å². The van der Waals surface area contributed by atoms with E-state index in [0.717, 1.165) is 22.7 Å². The topological polar surface area (TPSA) is 58.8 Å². The Morgan fingerprint density at radius 2 is 2.11 bits per heavy atom. The van der Waals surface area contributed by atoms with E-state index in [1.807, 2.05) is 37.3 Å². The molecule has 0 atom stereocenters. The maximum absolute atomic E-state index is 8.70. The van der Waals surface area contributed by atoms with E-state index >= 15 is 0 Å². The number of rotatable bonds is 3. The van der Waals surface area contributed by atoms with Gasteiger partial charge >= 0.3 is 0 Å². The first kappa shape index (κ1) is 12.1. The van der Waals surface area contributed by atoms with Gasteiger partial charge in [0.05, 0.1) is 25.3 Å². The van der Waals surface area contributed by atoms with Crippen LogP contribution in [-0.2, 0) is 6.42 Å². The van der Waals surface area contributed by atoms with Crippen molar-refractivity contribution >= 4 is 0 Å². The van der Waals surface area contributed by atoms with Crippen LogP contribution in [0.1, 0.15) is 11.5 Å². The molecule has 0 aliphatic carbocycles. The highest BCUT2D eigenvalue weighted by Crippen LogP contribution is 2.22. The Hall–Kier alpha value is -2.41. The number of hydrogen-bond acceptors (Lipinski definition) is 4. The molecule has 0 saturated carbocycles. The van der Waals surface area contributed by atoms with Gasteiger partial charge < -0.3 is 4.74 Å². The average molecular weight is 239 g/mol. The Labute approximate surface area is 106 Å². The highest BCUT2D eigenvalue weighted by atomic mass is 16.5. The zero-order valence-electron chi connectivity index (χ0n) is 10.3. The van der Waals surface area contributed by atoms with Crippen molar-refractivity contribution in [3.8, 4) is 23.1 Å². The number of methoxy groups -OCH3 is 1. The fourth-order valence-electron chi connectivity index (χ4n) is 1.71. The van der Waals surface area contributed by atoms with Crippen LogP contribution >= 0.6 is 0 Å². The van der Waals surface area contributed by atoms with Crippen molar-refractivity contribution in [2.45, 2.75) is 13.3 Å². The first-order valence-electron chi connectivity index (χ1n) is 5.59. The van der Waals surface area contributed by atoms with E-state index in [4.69, 9.17) is 10.00 Å². The number of ether oxygens (including phenoxy) is 1. The molecule has 4 nitrogen and oxygen atoms in total. The number of nitriles is 1. The fourth-order valence-corrected chi connectivity index (χ4v) is 1.71. The smallest absolute Gasteiger partial charge is 0.143 e. The molecule has 0 aliphatic heterocycles. The van der Waals surface area contributed by atoms with Gasteiger partial charge in [0.15, 0.2) is 0 Å². The minimum absolute atomic E-state index is 0.221. The molecule has 0 fully saturated rings. The molecule has 18 heavy (non-hydrogen) atoms. The molecule has 0 amide bonds. The molecule has 0 N–H and O–H groups in total. The molecule has 0 bridgehead atoms. The van der Waals surface area contributed by atoms with Gasteiger partial charge in [-0.1, -0.05) is 12.1 Å². The summed E-state index contributed by atoms with van der Waals surface area (Å²) in [6, 6.07) is 11.6. The van der Waals surface area contributed by atoms with Crippen molar-refractivity contribution in [2.24, 2.45) is 0 Å². The molecule has 0 saturated heterocycles. The van der Waals surface area contributed by atoms with Crippen molar-refractivity contribution in [3.63, 3.8) is 0 Å². The number of hydrogen-bond donors (Lipinski definition) is 0. The maximum atomic E-state index is 8.70. The third-order valence-corrected chi connectivity index (χ3v) is 2.50. The molecule has 1 aromatic heterocycles. The van der Waals surface area contributed by atoms with Crippen LogP contribution in [-0.4, -0.2) is 17.1 Å². The summed E-state index contributed by atoms with van der Waals surface area (Å²) < 4.78 is 5.19. The second kappa shape index (κ2) is 5.28. The number of aromatic nitrogens is 2. The molecular weight excluding hydrogens is 226 g/mol. The van der Waals surface area contributed by atoms with Gasteiger partial charge in [-0.05, 0) is 25.1 Å². The van der Waals surface area contributed by atoms with Gasteiger partial charge in [-0.25, -0.2) is 9.97 Å². The van der Waals surface area contributed by atoms with Crippen molar-refractivity contribution in [1.29, 1.82) is 5.26 Å². The Morgan fingerprint density at radius 1 is 1.28 bits per heavy atom. The van der Waals surface area contributed by atoms with Crippen LogP contribution < -0.4 is 4.74 Å². The van der Waals surface area contributed by atoms with E-state index < -0.39 is 0 Å². The van der Waals surface area contributed by atoms with Crippen LogP contribution in [0.15, 0.2) is 30.3 Å². The monoisotopic (exact) mass is 239 g/mol. The lowest BCUT2D eigenvalue weighted by molar-refractivity contribution is 0.415. The Morgan fingerprint density at radius 3 is 2.83 bits per heavy atom. The summed E-state index contributed by atoms with van der Waals surface area (Å²) in [5.74, 6) is 1.33. The molecule has 0 unspecified atom stereocenters. The SMILES string of the molecule is COc1cccc(-c2cc(C)nc(CC#N)n2)c1. The fraction of sp³-hybridized carbons (Fsp3) is 0.214. The van der Waals surface area contributed by atoms with Crippen LogP contribution in [0.3, 0.4) is 0 Å². The average Bonchev–Trinajstić information content (AvgIpc) is 2.38. The molecule has 90 valence electrons. The minimum Gasteiger partial charge on any atom is -0.497 e. The van der Waals surface area contributed by atoms with Gasteiger partial charge in [-0.3, -0.25) is 0 Å². The third kappa shape index (κ3) is 2.64. The highest BCUT2D eigenvalue weighted by molar-refractivity contribution is 5.61. The number of nitrogens with zero attached hydrogens (tertiary/aromatic N) is 3. The largest absolute Gasteiger partial charge is 0.497 e. The Bertz CT molecular complexity index is 602. The number of benzene rings is 1. The predicted octanol–water partition coefficient (Wildman–Crippen LogP) is 2.53. The Balaban J connectivity index is 2.46. The number of aryl methyl sites for hydroxylation is 1. The molecule has 0 aliphatic rings. The first-order chi connectivity index (χ1) is 8.72. The van der Waals surface area contributed by atoms with Crippen molar-refractivity contribution < 1.29 is 4.74 Å². The van der Waals surface area contributed by atoms with E-state index in [0.29, 0.717) is 5.82 Å². The lowest BCUT2D eigenvalue weighted by Crippen LogP contribution is -1.98. The zero-order chi connectivity index (χ0) is 13.0.